The van der Waals surface area contributed by atoms with Gasteiger partial charge in [-0.25, -0.2) is 15.0 Å². The first kappa shape index (κ1) is 39.6. The van der Waals surface area contributed by atoms with Gasteiger partial charge in [-0.2, -0.15) is 0 Å². The van der Waals surface area contributed by atoms with Crippen LogP contribution in [0.1, 0.15) is 0 Å². The highest BCUT2D eigenvalue weighted by molar-refractivity contribution is 6.09. The van der Waals surface area contributed by atoms with Crippen molar-refractivity contribution in [3.8, 4) is 95.5 Å². The van der Waals surface area contributed by atoms with Crippen LogP contribution in [0.15, 0.2) is 255 Å². The Morgan fingerprint density at radius 2 is 0.627 bits per heavy atom. The highest BCUT2D eigenvalue weighted by atomic mass is 15.0. The van der Waals surface area contributed by atoms with Crippen molar-refractivity contribution in [1.29, 1.82) is 0 Å². The van der Waals surface area contributed by atoms with E-state index in [4.69, 9.17) is 15.0 Å². The lowest BCUT2D eigenvalue weighted by atomic mass is 9.83. The molecular formula is C63H42N4. The molecule has 4 heteroatoms. The van der Waals surface area contributed by atoms with Gasteiger partial charge in [-0.1, -0.05) is 224 Å². The molecule has 0 atom stereocenters. The van der Waals surface area contributed by atoms with Gasteiger partial charge in [-0.3, -0.25) is 0 Å². The lowest BCUT2D eigenvalue weighted by Crippen LogP contribution is -2.01. The maximum Gasteiger partial charge on any atom is 0.160 e. The van der Waals surface area contributed by atoms with Crippen LogP contribution in [0.3, 0.4) is 0 Å². The van der Waals surface area contributed by atoms with Gasteiger partial charge in [0.1, 0.15) is 0 Å². The lowest BCUT2D eigenvalue weighted by Gasteiger charge is -2.23. The first-order valence-corrected chi connectivity index (χ1v) is 22.7. The Balaban J connectivity index is 1.06. The molecule has 314 valence electrons. The van der Waals surface area contributed by atoms with E-state index in [1.54, 1.807) is 0 Å². The Hall–Kier alpha value is -8.99. The molecule has 9 aromatic carbocycles. The monoisotopic (exact) mass is 854 g/mol. The molecule has 12 aromatic rings. The van der Waals surface area contributed by atoms with Crippen molar-refractivity contribution in [2.45, 2.75) is 0 Å². The summed E-state index contributed by atoms with van der Waals surface area (Å²) < 4.78 is 2.34. The molecule has 0 aliphatic carbocycles. The highest BCUT2D eigenvalue weighted by Gasteiger charge is 2.25. The Morgan fingerprint density at radius 1 is 0.254 bits per heavy atom. The fraction of sp³-hybridized carbons (Fsp3) is 0. The minimum atomic E-state index is 0.662. The molecule has 4 nitrogen and oxygen atoms in total. The topological polar surface area (TPSA) is 43.6 Å². The van der Waals surface area contributed by atoms with Crippen molar-refractivity contribution >= 4 is 21.8 Å². The second-order valence-corrected chi connectivity index (χ2v) is 16.7. The Morgan fingerprint density at radius 3 is 1.12 bits per heavy atom. The highest BCUT2D eigenvalue weighted by Crippen LogP contribution is 2.49. The predicted molar refractivity (Wildman–Crippen MR) is 278 cm³/mol. The Kier molecular flexibility index (Phi) is 10.2. The molecule has 0 N–H and O–H groups in total. The van der Waals surface area contributed by atoms with E-state index < -0.39 is 0 Å². The quantitative estimate of drug-likeness (QED) is 0.145. The van der Waals surface area contributed by atoms with Crippen molar-refractivity contribution < 1.29 is 0 Å². The number of hydrogen-bond acceptors (Lipinski definition) is 3. The van der Waals surface area contributed by atoms with Gasteiger partial charge in [0.05, 0.1) is 33.8 Å². The third-order valence-corrected chi connectivity index (χ3v) is 12.6. The number of aromatic nitrogens is 4. The second kappa shape index (κ2) is 17.2. The zero-order chi connectivity index (χ0) is 44.5. The van der Waals surface area contributed by atoms with Gasteiger partial charge < -0.3 is 4.57 Å². The third kappa shape index (κ3) is 7.37. The molecule has 0 saturated heterocycles. The minimum Gasteiger partial charge on any atom is -0.309 e. The third-order valence-electron chi connectivity index (χ3n) is 12.6. The summed E-state index contributed by atoms with van der Waals surface area (Å²) in [5.41, 5.74) is 18.6. The maximum atomic E-state index is 5.63. The summed E-state index contributed by atoms with van der Waals surface area (Å²) in [7, 11) is 0. The van der Waals surface area contributed by atoms with E-state index >= 15 is 0 Å². The predicted octanol–water partition coefficient (Wildman–Crippen LogP) is 16.3. The van der Waals surface area contributed by atoms with Crippen LogP contribution >= 0.6 is 0 Å². The van der Waals surface area contributed by atoms with Gasteiger partial charge in [-0.05, 0) is 47.0 Å². The molecule has 0 radical (unpaired) electrons. The average molecular weight is 855 g/mol. The number of pyridine rings is 1. The largest absolute Gasteiger partial charge is 0.309 e. The summed E-state index contributed by atoms with van der Waals surface area (Å²) in [6.07, 6.45) is 0. The molecule has 0 aliphatic heterocycles. The first-order chi connectivity index (χ1) is 33.2. The van der Waals surface area contributed by atoms with Crippen molar-refractivity contribution in [3.05, 3.63) is 255 Å². The van der Waals surface area contributed by atoms with Crippen molar-refractivity contribution in [3.63, 3.8) is 0 Å². The van der Waals surface area contributed by atoms with E-state index in [1.807, 2.05) is 6.07 Å². The van der Waals surface area contributed by atoms with E-state index in [2.05, 4.69) is 253 Å². The fourth-order valence-corrected chi connectivity index (χ4v) is 9.53. The van der Waals surface area contributed by atoms with E-state index in [1.165, 1.54) is 10.8 Å². The molecule has 0 unspecified atom stereocenters. The summed E-state index contributed by atoms with van der Waals surface area (Å²) in [6, 6.07) is 89.7. The number of fused-ring (bicyclic) bond motifs is 3. The zero-order valence-electron chi connectivity index (χ0n) is 36.5. The van der Waals surface area contributed by atoms with Gasteiger partial charge >= 0.3 is 0 Å². The molecule has 0 aliphatic rings. The minimum absolute atomic E-state index is 0.662. The fourth-order valence-electron chi connectivity index (χ4n) is 9.53. The molecule has 12 rings (SSSR count). The van der Waals surface area contributed by atoms with Crippen LogP contribution in [0, 0.1) is 0 Å². The van der Waals surface area contributed by atoms with Crippen LogP contribution < -0.4 is 0 Å². The molecule has 0 fully saturated rings. The van der Waals surface area contributed by atoms with Crippen LogP contribution in [0.25, 0.3) is 117 Å². The number of hydrogen-bond donors (Lipinski definition) is 0. The summed E-state index contributed by atoms with van der Waals surface area (Å²) in [5.74, 6) is 0.662. The van der Waals surface area contributed by atoms with E-state index in [0.717, 1.165) is 101 Å². The number of rotatable bonds is 9. The summed E-state index contributed by atoms with van der Waals surface area (Å²) in [6.45, 7) is 0. The van der Waals surface area contributed by atoms with Crippen molar-refractivity contribution in [2.24, 2.45) is 0 Å². The van der Waals surface area contributed by atoms with E-state index in [0.29, 0.717) is 5.82 Å². The smallest absolute Gasteiger partial charge is 0.160 e. The number of para-hydroxylation sites is 2. The molecule has 3 aromatic heterocycles. The van der Waals surface area contributed by atoms with Crippen LogP contribution in [0.2, 0.25) is 0 Å². The van der Waals surface area contributed by atoms with Gasteiger partial charge in [0, 0.05) is 61.0 Å². The number of nitrogens with zero attached hydrogens (tertiary/aromatic N) is 4. The molecule has 3 heterocycles. The summed E-state index contributed by atoms with van der Waals surface area (Å²) in [4.78, 5) is 16.2. The molecule has 67 heavy (non-hydrogen) atoms. The lowest BCUT2D eigenvalue weighted by molar-refractivity contribution is 1.16. The Labute approximate surface area is 389 Å². The molecule has 0 saturated carbocycles. The first-order valence-electron chi connectivity index (χ1n) is 22.7. The summed E-state index contributed by atoms with van der Waals surface area (Å²) in [5, 5.41) is 2.45. The second-order valence-electron chi connectivity index (χ2n) is 16.7. The van der Waals surface area contributed by atoms with Gasteiger partial charge in [0.25, 0.3) is 0 Å². The van der Waals surface area contributed by atoms with Crippen molar-refractivity contribution in [1.82, 2.24) is 19.5 Å². The van der Waals surface area contributed by atoms with Gasteiger partial charge in [-0.15, -0.1) is 0 Å². The van der Waals surface area contributed by atoms with Gasteiger partial charge in [0.15, 0.2) is 5.82 Å². The van der Waals surface area contributed by atoms with Crippen LogP contribution in [-0.4, -0.2) is 19.5 Å². The Bertz CT molecular complexity index is 3540. The van der Waals surface area contributed by atoms with Crippen LogP contribution in [0.5, 0.6) is 0 Å². The van der Waals surface area contributed by atoms with Crippen LogP contribution in [0.4, 0.5) is 0 Å². The number of benzene rings is 9. The van der Waals surface area contributed by atoms with E-state index in [9.17, 15) is 0 Å². The maximum absolute atomic E-state index is 5.63. The summed E-state index contributed by atoms with van der Waals surface area (Å²) >= 11 is 0. The average Bonchev–Trinajstić information content (AvgIpc) is 3.76. The van der Waals surface area contributed by atoms with Gasteiger partial charge in [0.2, 0.25) is 0 Å². The normalized spacial score (nSPS) is 11.3. The SMILES string of the molecule is c1ccc(-c2cc(-c3ccc(-c4c(-c5ccccc5)c(-c5ccccc5)nc(-c5ccccc5)c4-c4ccccc4)cc3)nc(-c3cccc(-n4c5ccccc5c5ccccc54)c3)n2)cc1. The molecule has 0 bridgehead atoms. The van der Waals surface area contributed by atoms with Crippen molar-refractivity contribution in [2.75, 3.05) is 0 Å². The zero-order valence-corrected chi connectivity index (χ0v) is 36.5. The standard InChI is InChI=1S/C63H42N4/c1-6-21-43(22-7-1)54-42-55(65-63(64-54)50-31-20-32-51(41-50)67-56-35-18-16-33-52(56)53-34-17-19-36-57(53)67)44-37-39-47(40-38-44)58-59(45-23-8-2-9-24-45)61(48-27-12-4-13-28-48)66-62(49-29-14-5-15-30-49)60(58)46-25-10-3-11-26-46/h1-42H. The molecular weight excluding hydrogens is 813 g/mol. The molecule has 0 spiro atoms. The molecule has 0 amide bonds. The van der Waals surface area contributed by atoms with E-state index in [-0.39, 0.29) is 0 Å². The van der Waals surface area contributed by atoms with Crippen LogP contribution in [-0.2, 0) is 0 Å².